The van der Waals surface area contributed by atoms with Crippen molar-refractivity contribution in [3.63, 3.8) is 0 Å². The van der Waals surface area contributed by atoms with E-state index in [0.29, 0.717) is 33.7 Å². The first kappa shape index (κ1) is 29.2. The molecule has 0 radical (unpaired) electrons. The topological polar surface area (TPSA) is 132 Å². The van der Waals surface area contributed by atoms with Crippen molar-refractivity contribution in [2.75, 3.05) is 25.6 Å². The van der Waals surface area contributed by atoms with Gasteiger partial charge in [0.1, 0.15) is 17.4 Å². The van der Waals surface area contributed by atoms with Gasteiger partial charge in [-0.3, -0.25) is 9.59 Å². The molecule has 0 saturated heterocycles. The highest BCUT2D eigenvalue weighted by atomic mass is 32.2. The lowest BCUT2D eigenvalue weighted by molar-refractivity contribution is -0.120. The Labute approximate surface area is 243 Å². The van der Waals surface area contributed by atoms with Gasteiger partial charge in [0.2, 0.25) is 5.91 Å². The Balaban J connectivity index is 1.80. The molecule has 222 valence electrons. The quantitative estimate of drug-likeness (QED) is 0.334. The van der Waals surface area contributed by atoms with Crippen molar-refractivity contribution in [3.8, 4) is 22.6 Å². The van der Waals surface area contributed by atoms with E-state index in [1.54, 1.807) is 48.5 Å². The van der Waals surface area contributed by atoms with Crippen LogP contribution in [-0.4, -0.2) is 61.0 Å². The van der Waals surface area contributed by atoms with Crippen LogP contribution < -0.4 is 25.2 Å². The lowest BCUT2D eigenvalue weighted by Crippen LogP contribution is -2.54. The number of nitrogens with one attached hydrogen (secondary N) is 1. The Morgan fingerprint density at radius 1 is 1.14 bits per heavy atom. The molecule has 1 aliphatic heterocycles. The van der Waals surface area contributed by atoms with Gasteiger partial charge in [0.15, 0.2) is 12.0 Å². The number of hydrogen-bond donors (Lipinski definition) is 2. The molecule has 11 nitrogen and oxygen atoms in total. The standard InChI is InChI=1S/C30H34N4O7S/c1-17(2)27-30(37)33(16-25(35)31-4)24-14-19(40-6)13-22(28(24)41-27)23-15-32(5)29(36)26-21(23)11-12-34(26)42(38,39)20-9-7-18(3)8-10-20/h7-15,17,27,30,37H,16H2,1-6H3,(H,31,35). The highest BCUT2D eigenvalue weighted by Crippen LogP contribution is 2.48. The van der Waals surface area contributed by atoms with E-state index in [4.69, 9.17) is 9.47 Å². The predicted molar refractivity (Wildman–Crippen MR) is 160 cm³/mol. The summed E-state index contributed by atoms with van der Waals surface area (Å²) in [6.45, 7) is 5.53. The van der Waals surface area contributed by atoms with Gasteiger partial charge in [-0.1, -0.05) is 31.5 Å². The number of methoxy groups -OCH3 is 1. The molecule has 2 N–H and O–H groups in total. The van der Waals surface area contributed by atoms with E-state index in [2.05, 4.69) is 5.32 Å². The second-order valence-electron chi connectivity index (χ2n) is 10.7. The zero-order valence-corrected chi connectivity index (χ0v) is 25.1. The van der Waals surface area contributed by atoms with Crippen LogP contribution in [0.25, 0.3) is 22.0 Å². The van der Waals surface area contributed by atoms with Crippen molar-refractivity contribution < 1.29 is 27.8 Å². The number of ether oxygens (including phenoxy) is 2. The van der Waals surface area contributed by atoms with Crippen molar-refractivity contribution in [1.29, 1.82) is 0 Å². The summed E-state index contributed by atoms with van der Waals surface area (Å²) in [7, 11) is 0.461. The molecule has 2 unspecified atom stereocenters. The number of pyridine rings is 1. The summed E-state index contributed by atoms with van der Waals surface area (Å²) in [6, 6.07) is 11.4. The summed E-state index contributed by atoms with van der Waals surface area (Å²) in [5.74, 6) is 0.351. The first-order chi connectivity index (χ1) is 19.9. The third kappa shape index (κ3) is 4.80. The van der Waals surface area contributed by atoms with Gasteiger partial charge in [0.25, 0.3) is 15.6 Å². The zero-order valence-electron chi connectivity index (χ0n) is 24.3. The molecular formula is C30H34N4O7S. The number of carbonyl (C=O) groups is 1. The van der Waals surface area contributed by atoms with Crippen LogP contribution in [0.4, 0.5) is 5.69 Å². The summed E-state index contributed by atoms with van der Waals surface area (Å²) in [4.78, 5) is 27.6. The van der Waals surface area contributed by atoms with Crippen molar-refractivity contribution in [1.82, 2.24) is 13.9 Å². The molecular weight excluding hydrogens is 560 g/mol. The average molecular weight is 595 g/mol. The van der Waals surface area contributed by atoms with Crippen molar-refractivity contribution >= 4 is 32.5 Å². The summed E-state index contributed by atoms with van der Waals surface area (Å²) >= 11 is 0. The van der Waals surface area contributed by atoms with Gasteiger partial charge in [-0.15, -0.1) is 0 Å². The molecule has 12 heteroatoms. The molecule has 0 saturated carbocycles. The van der Waals surface area contributed by atoms with Crippen LogP contribution in [0, 0.1) is 12.8 Å². The van der Waals surface area contributed by atoms with E-state index in [-0.39, 0.29) is 28.8 Å². The van der Waals surface area contributed by atoms with Gasteiger partial charge in [0, 0.05) is 49.1 Å². The fourth-order valence-electron chi connectivity index (χ4n) is 5.22. The fourth-order valence-corrected chi connectivity index (χ4v) is 6.57. The molecule has 4 aromatic rings. The normalized spacial score (nSPS) is 16.8. The lowest BCUT2D eigenvalue weighted by Gasteiger charge is -2.42. The van der Waals surface area contributed by atoms with Gasteiger partial charge in [0.05, 0.1) is 24.2 Å². The molecule has 0 spiro atoms. The molecule has 3 heterocycles. The van der Waals surface area contributed by atoms with E-state index in [1.807, 2.05) is 20.8 Å². The van der Waals surface area contributed by atoms with Crippen LogP contribution in [0.5, 0.6) is 11.5 Å². The van der Waals surface area contributed by atoms with Gasteiger partial charge < -0.3 is 29.4 Å². The largest absolute Gasteiger partial charge is 0.497 e. The number of rotatable bonds is 7. The van der Waals surface area contributed by atoms with E-state index < -0.39 is 27.9 Å². The molecule has 42 heavy (non-hydrogen) atoms. The highest BCUT2D eigenvalue weighted by molar-refractivity contribution is 7.90. The number of fused-ring (bicyclic) bond motifs is 2. The second-order valence-corrected chi connectivity index (χ2v) is 12.5. The van der Waals surface area contributed by atoms with Crippen LogP contribution in [0.2, 0.25) is 0 Å². The van der Waals surface area contributed by atoms with Crippen LogP contribution in [0.15, 0.2) is 64.5 Å². The third-order valence-electron chi connectivity index (χ3n) is 7.56. The molecule has 2 aromatic carbocycles. The number of aryl methyl sites for hydroxylation is 2. The van der Waals surface area contributed by atoms with E-state index >= 15 is 0 Å². The van der Waals surface area contributed by atoms with Crippen LogP contribution in [0.3, 0.4) is 0 Å². The molecule has 1 amide bonds. The maximum absolute atomic E-state index is 13.7. The molecule has 0 bridgehead atoms. The maximum Gasteiger partial charge on any atom is 0.275 e. The predicted octanol–water partition coefficient (Wildman–Crippen LogP) is 2.85. The summed E-state index contributed by atoms with van der Waals surface area (Å²) in [5.41, 5.74) is 1.83. The molecule has 2 atom stereocenters. The number of hydrogen-bond acceptors (Lipinski definition) is 8. The minimum Gasteiger partial charge on any atom is -0.497 e. The van der Waals surface area contributed by atoms with Gasteiger partial charge in [-0.25, -0.2) is 12.4 Å². The van der Waals surface area contributed by atoms with Gasteiger partial charge >= 0.3 is 0 Å². The first-order valence-corrected chi connectivity index (χ1v) is 14.9. The van der Waals surface area contributed by atoms with Crippen molar-refractivity contribution in [2.24, 2.45) is 13.0 Å². The van der Waals surface area contributed by atoms with Gasteiger partial charge in [-0.2, -0.15) is 0 Å². The average Bonchev–Trinajstić information content (AvgIpc) is 3.42. The molecule has 0 fully saturated rings. The first-order valence-electron chi connectivity index (χ1n) is 13.5. The molecule has 5 rings (SSSR count). The smallest absolute Gasteiger partial charge is 0.275 e. The maximum atomic E-state index is 13.7. The summed E-state index contributed by atoms with van der Waals surface area (Å²) < 4.78 is 41.7. The minimum atomic E-state index is -4.10. The van der Waals surface area contributed by atoms with Crippen LogP contribution >= 0.6 is 0 Å². The molecule has 1 aliphatic rings. The van der Waals surface area contributed by atoms with Crippen LogP contribution in [0.1, 0.15) is 19.4 Å². The fraction of sp³-hybridized carbons (Fsp3) is 0.333. The number of likely N-dealkylation sites (N-methyl/N-ethyl adjacent to an activating group) is 1. The van der Waals surface area contributed by atoms with E-state index in [9.17, 15) is 23.1 Å². The SMILES string of the molecule is CNC(=O)CN1c2cc(OC)cc(-c3cn(C)c(=O)c4c3ccn4S(=O)(=O)c3ccc(C)cc3)c2OC(C(C)C)C1O. The Hall–Kier alpha value is -4.29. The number of nitrogens with zero attached hydrogens (tertiary/aromatic N) is 3. The Bertz CT molecular complexity index is 1840. The Morgan fingerprint density at radius 3 is 2.45 bits per heavy atom. The summed E-state index contributed by atoms with van der Waals surface area (Å²) in [6.07, 6.45) is 1.17. The van der Waals surface area contributed by atoms with Crippen molar-refractivity contribution in [2.45, 2.75) is 38.0 Å². The second kappa shape index (κ2) is 10.8. The molecule has 0 aliphatic carbocycles. The Kier molecular flexibility index (Phi) is 7.54. The van der Waals surface area contributed by atoms with Crippen molar-refractivity contribution in [3.05, 3.63) is 70.8 Å². The highest BCUT2D eigenvalue weighted by Gasteiger charge is 2.39. The van der Waals surface area contributed by atoms with Gasteiger partial charge in [-0.05, 0) is 37.1 Å². The van der Waals surface area contributed by atoms with E-state index in [0.717, 1.165) is 9.54 Å². The number of aliphatic hydroxyl groups is 1. The number of benzene rings is 2. The number of carbonyl (C=O) groups excluding carboxylic acids is 1. The number of aromatic nitrogens is 2. The van der Waals surface area contributed by atoms with Crippen LogP contribution in [-0.2, 0) is 21.9 Å². The molecule has 2 aromatic heterocycles. The number of amides is 1. The monoisotopic (exact) mass is 594 g/mol. The zero-order chi connectivity index (χ0) is 30.5. The van der Waals surface area contributed by atoms with E-state index in [1.165, 1.54) is 37.1 Å². The lowest BCUT2D eigenvalue weighted by atomic mass is 9.97. The Morgan fingerprint density at radius 2 is 1.83 bits per heavy atom. The number of aliphatic hydroxyl groups excluding tert-OH is 1. The third-order valence-corrected chi connectivity index (χ3v) is 9.25. The number of anilines is 1. The minimum absolute atomic E-state index is 0.0226. The summed E-state index contributed by atoms with van der Waals surface area (Å²) in [5, 5.41) is 14.2.